The van der Waals surface area contributed by atoms with Crippen LogP contribution in [0.15, 0.2) is 30.6 Å². The van der Waals surface area contributed by atoms with Gasteiger partial charge in [0.25, 0.3) is 5.91 Å². The molecule has 0 spiro atoms. The van der Waals surface area contributed by atoms with Gasteiger partial charge in [0, 0.05) is 43.1 Å². The van der Waals surface area contributed by atoms with Gasteiger partial charge in [0.05, 0.1) is 11.8 Å². The van der Waals surface area contributed by atoms with E-state index in [4.69, 9.17) is 11.6 Å². The summed E-state index contributed by atoms with van der Waals surface area (Å²) >= 11 is 6.09. The Morgan fingerprint density at radius 3 is 2.83 bits per heavy atom. The summed E-state index contributed by atoms with van der Waals surface area (Å²) in [6.45, 7) is 5.16. The first-order valence-corrected chi connectivity index (χ1v) is 8.72. The summed E-state index contributed by atoms with van der Waals surface area (Å²) in [4.78, 5) is 14.8. The van der Waals surface area contributed by atoms with E-state index in [0.717, 1.165) is 44.7 Å². The lowest BCUT2D eigenvalue weighted by Gasteiger charge is -2.32. The normalized spacial score (nSPS) is 15.5. The molecule has 2 aromatic rings. The predicted octanol–water partition coefficient (Wildman–Crippen LogP) is 2.92. The number of hydrogen-bond acceptors (Lipinski definition) is 4. The van der Waals surface area contributed by atoms with Gasteiger partial charge in [0.15, 0.2) is 0 Å². The second-order valence-corrected chi connectivity index (χ2v) is 6.52. The lowest BCUT2D eigenvalue weighted by atomic mass is 9.96. The van der Waals surface area contributed by atoms with Gasteiger partial charge in [0.1, 0.15) is 0 Å². The smallest absolute Gasteiger partial charge is 0.256 e. The maximum Gasteiger partial charge on any atom is 0.256 e. The fourth-order valence-electron chi connectivity index (χ4n) is 3.12. The lowest BCUT2D eigenvalue weighted by Crippen LogP contribution is -2.39. The third kappa shape index (κ3) is 3.87. The highest BCUT2D eigenvalue weighted by molar-refractivity contribution is 6.31. The summed E-state index contributed by atoms with van der Waals surface area (Å²) < 4.78 is 1.86. The van der Waals surface area contributed by atoms with Gasteiger partial charge in [-0.3, -0.25) is 9.48 Å². The first-order chi connectivity index (χ1) is 11.7. The van der Waals surface area contributed by atoms with Crippen LogP contribution >= 0.6 is 11.6 Å². The van der Waals surface area contributed by atoms with Crippen LogP contribution in [0.1, 0.15) is 30.1 Å². The van der Waals surface area contributed by atoms with Gasteiger partial charge in [-0.2, -0.15) is 0 Å². The van der Waals surface area contributed by atoms with Crippen LogP contribution in [0.5, 0.6) is 0 Å². The monoisotopic (exact) mass is 347 g/mol. The Morgan fingerprint density at radius 2 is 2.17 bits per heavy atom. The van der Waals surface area contributed by atoms with Crippen LogP contribution in [-0.4, -0.2) is 45.4 Å². The highest BCUT2D eigenvalue weighted by atomic mass is 35.5. The lowest BCUT2D eigenvalue weighted by molar-refractivity contribution is 0.0682. The van der Waals surface area contributed by atoms with Gasteiger partial charge < -0.3 is 10.2 Å². The average Bonchev–Trinajstić information content (AvgIpc) is 3.10. The molecule has 128 valence electrons. The molecule has 0 atom stereocenters. The minimum Gasteiger partial charge on any atom is -0.385 e. The Hall–Kier alpha value is -2.08. The van der Waals surface area contributed by atoms with Crippen molar-refractivity contribution in [3.05, 3.63) is 41.2 Å². The largest absolute Gasteiger partial charge is 0.385 e. The molecule has 0 bridgehead atoms. The molecule has 3 rings (SSSR count). The SMILES string of the molecule is CCNc1ccc(Cl)cc1C(=O)N1CCC(Cn2ccnn2)CC1. The fraction of sp³-hybridized carbons (Fsp3) is 0.471. The van der Waals surface area contributed by atoms with Crippen molar-refractivity contribution >= 4 is 23.2 Å². The van der Waals surface area contributed by atoms with Gasteiger partial charge in [-0.1, -0.05) is 16.8 Å². The van der Waals surface area contributed by atoms with Crippen molar-refractivity contribution in [2.75, 3.05) is 25.0 Å². The molecule has 1 N–H and O–H groups in total. The summed E-state index contributed by atoms with van der Waals surface area (Å²) in [5.74, 6) is 0.580. The number of carbonyl (C=O) groups is 1. The first-order valence-electron chi connectivity index (χ1n) is 8.34. The molecule has 1 aromatic heterocycles. The number of halogens is 1. The van der Waals surface area contributed by atoms with Crippen LogP contribution in [0.25, 0.3) is 0 Å². The van der Waals surface area contributed by atoms with Gasteiger partial charge in [0.2, 0.25) is 0 Å². The second-order valence-electron chi connectivity index (χ2n) is 6.08. The number of hydrogen-bond donors (Lipinski definition) is 1. The summed E-state index contributed by atoms with van der Waals surface area (Å²) in [5, 5.41) is 11.7. The zero-order chi connectivity index (χ0) is 16.9. The molecular formula is C17H22ClN5O. The van der Waals surface area contributed by atoms with Crippen LogP contribution in [0, 0.1) is 5.92 Å². The van der Waals surface area contributed by atoms with Crippen molar-refractivity contribution in [3.63, 3.8) is 0 Å². The van der Waals surface area contributed by atoms with Crippen molar-refractivity contribution in [1.82, 2.24) is 19.9 Å². The van der Waals surface area contributed by atoms with E-state index in [1.807, 2.05) is 28.8 Å². The topological polar surface area (TPSA) is 63.1 Å². The van der Waals surface area contributed by atoms with Crippen molar-refractivity contribution in [3.8, 4) is 0 Å². The van der Waals surface area contributed by atoms with Crippen LogP contribution in [0.3, 0.4) is 0 Å². The average molecular weight is 348 g/mol. The number of carbonyl (C=O) groups excluding carboxylic acids is 1. The maximum atomic E-state index is 12.9. The molecule has 6 nitrogen and oxygen atoms in total. The predicted molar refractivity (Wildman–Crippen MR) is 94.3 cm³/mol. The Labute approximate surface area is 146 Å². The summed E-state index contributed by atoms with van der Waals surface area (Å²) in [7, 11) is 0. The molecule has 0 unspecified atom stereocenters. The molecule has 2 heterocycles. The number of benzene rings is 1. The van der Waals surface area contributed by atoms with E-state index in [1.54, 1.807) is 18.3 Å². The zero-order valence-electron chi connectivity index (χ0n) is 13.8. The van der Waals surface area contributed by atoms with E-state index in [0.29, 0.717) is 16.5 Å². The Morgan fingerprint density at radius 1 is 1.38 bits per heavy atom. The zero-order valence-corrected chi connectivity index (χ0v) is 14.5. The number of amides is 1. The standard InChI is InChI=1S/C17H22ClN5O/c1-2-19-16-4-3-14(18)11-15(16)17(24)22-8-5-13(6-9-22)12-23-10-7-20-21-23/h3-4,7,10-11,13,19H,2,5-6,8-9,12H2,1H3. The van der Waals surface area contributed by atoms with Gasteiger partial charge in [-0.25, -0.2) is 0 Å². The second kappa shape index (κ2) is 7.66. The number of likely N-dealkylation sites (tertiary alicyclic amines) is 1. The molecule has 0 radical (unpaired) electrons. The third-order valence-electron chi connectivity index (χ3n) is 4.40. The van der Waals surface area contributed by atoms with Crippen LogP contribution in [0.2, 0.25) is 5.02 Å². The van der Waals surface area contributed by atoms with Crippen LogP contribution in [0.4, 0.5) is 5.69 Å². The van der Waals surface area contributed by atoms with Crippen molar-refractivity contribution in [2.24, 2.45) is 5.92 Å². The molecular weight excluding hydrogens is 326 g/mol. The Kier molecular flexibility index (Phi) is 5.35. The first kappa shape index (κ1) is 16.8. The Bertz CT molecular complexity index is 680. The van der Waals surface area contributed by atoms with Gasteiger partial charge >= 0.3 is 0 Å². The van der Waals surface area contributed by atoms with E-state index in [2.05, 4.69) is 15.6 Å². The summed E-state index contributed by atoms with van der Waals surface area (Å²) in [6, 6.07) is 5.43. The van der Waals surface area contributed by atoms with Gasteiger partial charge in [-0.05, 0) is 43.9 Å². The van der Waals surface area contributed by atoms with E-state index < -0.39 is 0 Å². The molecule has 1 saturated heterocycles. The molecule has 1 aromatic carbocycles. The molecule has 1 aliphatic heterocycles. The Balaban J connectivity index is 1.64. The van der Waals surface area contributed by atoms with Crippen LogP contribution in [-0.2, 0) is 6.54 Å². The minimum atomic E-state index is 0.0488. The number of rotatable bonds is 5. The van der Waals surface area contributed by atoms with E-state index in [-0.39, 0.29) is 5.91 Å². The molecule has 0 saturated carbocycles. The van der Waals surface area contributed by atoms with Crippen molar-refractivity contribution in [2.45, 2.75) is 26.3 Å². The highest BCUT2D eigenvalue weighted by Gasteiger charge is 2.25. The van der Waals surface area contributed by atoms with Crippen molar-refractivity contribution < 1.29 is 4.79 Å². The van der Waals surface area contributed by atoms with E-state index in [1.165, 1.54) is 0 Å². The number of nitrogens with one attached hydrogen (secondary N) is 1. The molecule has 1 fully saturated rings. The number of piperidine rings is 1. The third-order valence-corrected chi connectivity index (χ3v) is 4.63. The van der Waals surface area contributed by atoms with E-state index in [9.17, 15) is 4.79 Å². The number of anilines is 1. The number of aromatic nitrogens is 3. The quantitative estimate of drug-likeness (QED) is 0.903. The minimum absolute atomic E-state index is 0.0488. The fourth-order valence-corrected chi connectivity index (χ4v) is 3.29. The van der Waals surface area contributed by atoms with Crippen molar-refractivity contribution in [1.29, 1.82) is 0 Å². The molecule has 0 aliphatic carbocycles. The molecule has 1 amide bonds. The maximum absolute atomic E-state index is 12.9. The number of nitrogens with zero attached hydrogens (tertiary/aromatic N) is 4. The summed E-state index contributed by atoms with van der Waals surface area (Å²) in [6.07, 6.45) is 5.53. The van der Waals surface area contributed by atoms with E-state index >= 15 is 0 Å². The van der Waals surface area contributed by atoms with Crippen LogP contribution < -0.4 is 5.32 Å². The molecule has 7 heteroatoms. The summed E-state index contributed by atoms with van der Waals surface area (Å²) in [5.41, 5.74) is 1.50. The van der Waals surface area contributed by atoms with Gasteiger partial charge in [-0.15, -0.1) is 5.10 Å². The molecule has 1 aliphatic rings. The highest BCUT2D eigenvalue weighted by Crippen LogP contribution is 2.25. The molecule has 24 heavy (non-hydrogen) atoms.